The SMILES string of the molecule is O=P(CCC(F)(F)C(F)(F)C(F)(F)C(F)(F)C(F)(F)C(F)(F)F)(CCC(F)(F)C(F)(F)C(F)(F)C(F)(F)C(F)(F)C(F)(F)F)c1ccccc1. The van der Waals surface area contributed by atoms with Gasteiger partial charge in [-0.15, -0.1) is 0 Å². The predicted molar refractivity (Wildman–Crippen MR) is 114 cm³/mol. The molecule has 0 aliphatic rings. The van der Waals surface area contributed by atoms with Crippen LogP contribution in [0, 0.1) is 0 Å². The van der Waals surface area contributed by atoms with Crippen LogP contribution in [-0.2, 0) is 4.57 Å². The Hall–Kier alpha value is -2.37. The van der Waals surface area contributed by atoms with Crippen molar-refractivity contribution < 1.29 is 119 Å². The minimum absolute atomic E-state index is 0.298. The fraction of sp³-hybridized carbons (Fsp3) is 0.727. The summed E-state index contributed by atoms with van der Waals surface area (Å²) in [6.45, 7) is 0. The largest absolute Gasteiger partial charge is 0.460 e. The fourth-order valence-electron chi connectivity index (χ4n) is 3.63. The van der Waals surface area contributed by atoms with Gasteiger partial charge in [0.2, 0.25) is 0 Å². The predicted octanol–water partition coefficient (Wildman–Crippen LogP) is 10.9. The van der Waals surface area contributed by atoms with Crippen LogP contribution in [0.5, 0.6) is 0 Å². The van der Waals surface area contributed by atoms with Gasteiger partial charge in [0, 0.05) is 30.5 Å². The number of benzene rings is 1. The molecule has 0 radical (unpaired) electrons. The van der Waals surface area contributed by atoms with Gasteiger partial charge in [-0.1, -0.05) is 30.3 Å². The molecule has 1 nitrogen and oxygen atoms in total. The summed E-state index contributed by atoms with van der Waals surface area (Å²) < 4.78 is 361. The van der Waals surface area contributed by atoms with Crippen LogP contribution >= 0.6 is 7.14 Å². The van der Waals surface area contributed by atoms with Gasteiger partial charge in [-0.25, -0.2) is 0 Å². The van der Waals surface area contributed by atoms with E-state index in [2.05, 4.69) is 0 Å². The highest BCUT2D eigenvalue weighted by Crippen LogP contribution is 2.64. The van der Waals surface area contributed by atoms with E-state index in [4.69, 9.17) is 0 Å². The summed E-state index contributed by atoms with van der Waals surface area (Å²) in [5.41, 5.74) is 0. The Kier molecular flexibility index (Phi) is 11.5. The van der Waals surface area contributed by atoms with Crippen molar-refractivity contribution in [3.8, 4) is 0 Å². The molecule has 0 atom stereocenters. The second-order valence-corrected chi connectivity index (χ2v) is 13.4. The summed E-state index contributed by atoms with van der Waals surface area (Å²) in [5, 5.41) is -1.31. The van der Waals surface area contributed by atoms with Crippen LogP contribution in [0.3, 0.4) is 0 Å². The van der Waals surface area contributed by atoms with E-state index in [0.717, 1.165) is 6.07 Å². The molecule has 0 fully saturated rings. The van der Waals surface area contributed by atoms with Crippen molar-refractivity contribution in [1.82, 2.24) is 0 Å². The Morgan fingerprint density at radius 3 is 0.840 bits per heavy atom. The smallest absolute Gasteiger partial charge is 0.319 e. The summed E-state index contributed by atoms with van der Waals surface area (Å²) in [6.07, 6.45) is -27.8. The van der Waals surface area contributed by atoms with E-state index in [1.54, 1.807) is 0 Å². The van der Waals surface area contributed by atoms with Crippen molar-refractivity contribution in [3.05, 3.63) is 30.3 Å². The lowest BCUT2D eigenvalue weighted by Gasteiger charge is -2.40. The first kappa shape index (κ1) is 45.7. The average molecular weight is 818 g/mol. The quantitative estimate of drug-likeness (QED) is 0.127. The summed E-state index contributed by atoms with van der Waals surface area (Å²) in [5.74, 6) is -80.1. The molecule has 28 heteroatoms. The van der Waals surface area contributed by atoms with Crippen molar-refractivity contribution in [2.24, 2.45) is 0 Å². The minimum Gasteiger partial charge on any atom is -0.319 e. The van der Waals surface area contributed by atoms with Crippen LogP contribution in [0.15, 0.2) is 30.3 Å². The molecule has 0 unspecified atom stereocenters. The molecule has 1 aromatic carbocycles. The third-order valence-corrected chi connectivity index (χ3v) is 9.93. The number of hydrogen-bond donors (Lipinski definition) is 0. The third-order valence-electron chi connectivity index (χ3n) is 6.80. The van der Waals surface area contributed by atoms with Crippen molar-refractivity contribution in [2.45, 2.75) is 84.4 Å². The lowest BCUT2D eigenvalue weighted by atomic mass is 9.93. The Labute approximate surface area is 259 Å². The molecular weight excluding hydrogens is 805 g/mol. The zero-order valence-corrected chi connectivity index (χ0v) is 23.8. The monoisotopic (exact) mass is 818 g/mol. The highest BCUT2D eigenvalue weighted by molar-refractivity contribution is 7.71. The molecule has 0 saturated carbocycles. The second-order valence-electron chi connectivity index (χ2n) is 10.2. The highest BCUT2D eigenvalue weighted by atomic mass is 31.2. The molecule has 0 bridgehead atoms. The molecule has 50 heavy (non-hydrogen) atoms. The van der Waals surface area contributed by atoms with E-state index in [1.165, 1.54) is 0 Å². The molecule has 1 aromatic rings. The Morgan fingerprint density at radius 1 is 0.360 bits per heavy atom. The standard InChI is InChI=1S/C22H13F26OP/c23-11(24,13(27,28)15(31,32)17(35,36)19(39,40)21(43,44)45)6-8-50(49,10-4-2-1-3-5-10)9-7-12(25,26)14(29,30)16(33,34)18(37,38)20(41,42)22(46,47)48/h1-5H,6-9H2. The maximum absolute atomic E-state index is 14.3. The third kappa shape index (κ3) is 6.80. The minimum atomic E-state index is -8.42. The van der Waals surface area contributed by atoms with Gasteiger partial charge in [0.1, 0.15) is 7.14 Å². The number of alkyl halides is 26. The molecule has 0 amide bonds. The van der Waals surface area contributed by atoms with E-state index in [9.17, 15) is 119 Å². The van der Waals surface area contributed by atoms with Crippen LogP contribution in [0.1, 0.15) is 12.8 Å². The number of rotatable bonds is 15. The Balaban J connectivity index is 3.63. The zero-order valence-electron chi connectivity index (χ0n) is 22.9. The van der Waals surface area contributed by atoms with Crippen molar-refractivity contribution >= 4 is 12.4 Å². The zero-order chi connectivity index (χ0) is 40.4. The van der Waals surface area contributed by atoms with E-state index < -0.39 is 109 Å². The molecular formula is C22H13F26OP. The summed E-state index contributed by atoms with van der Waals surface area (Å²) in [7, 11) is -5.86. The summed E-state index contributed by atoms with van der Waals surface area (Å²) in [6, 6.07) is 2.64. The van der Waals surface area contributed by atoms with Gasteiger partial charge in [0.15, 0.2) is 0 Å². The lowest BCUT2D eigenvalue weighted by Crippen LogP contribution is -2.70. The van der Waals surface area contributed by atoms with Gasteiger partial charge in [0.25, 0.3) is 0 Å². The van der Waals surface area contributed by atoms with Crippen LogP contribution in [0.4, 0.5) is 114 Å². The number of halogens is 26. The second kappa shape index (κ2) is 12.6. The fourth-order valence-corrected chi connectivity index (χ4v) is 6.37. The van der Waals surface area contributed by atoms with E-state index in [-0.39, 0.29) is 0 Å². The molecule has 0 heterocycles. The number of hydrogen-bond acceptors (Lipinski definition) is 1. The topological polar surface area (TPSA) is 17.1 Å². The first-order valence-electron chi connectivity index (χ1n) is 12.1. The van der Waals surface area contributed by atoms with Crippen LogP contribution in [0.25, 0.3) is 0 Å². The molecule has 0 spiro atoms. The van der Waals surface area contributed by atoms with Gasteiger partial charge in [-0.05, 0) is 0 Å². The first-order valence-corrected chi connectivity index (χ1v) is 14.1. The highest BCUT2D eigenvalue weighted by Gasteiger charge is 2.92. The molecule has 0 N–H and O–H groups in total. The maximum Gasteiger partial charge on any atom is 0.460 e. The van der Waals surface area contributed by atoms with E-state index in [1.807, 2.05) is 0 Å². The van der Waals surface area contributed by atoms with Crippen LogP contribution < -0.4 is 5.30 Å². The molecule has 0 aliphatic carbocycles. The van der Waals surface area contributed by atoms with E-state index in [0.29, 0.717) is 24.3 Å². The van der Waals surface area contributed by atoms with Crippen LogP contribution in [0.2, 0.25) is 0 Å². The van der Waals surface area contributed by atoms with Gasteiger partial charge in [-0.2, -0.15) is 114 Å². The van der Waals surface area contributed by atoms with Crippen molar-refractivity contribution in [3.63, 3.8) is 0 Å². The van der Waals surface area contributed by atoms with Gasteiger partial charge in [-0.3, -0.25) is 0 Å². The molecule has 0 aliphatic heterocycles. The summed E-state index contributed by atoms with van der Waals surface area (Å²) in [4.78, 5) is 0. The van der Waals surface area contributed by atoms with E-state index >= 15 is 0 Å². The summed E-state index contributed by atoms with van der Waals surface area (Å²) >= 11 is 0. The molecule has 0 saturated heterocycles. The molecule has 0 aromatic heterocycles. The Bertz CT molecular complexity index is 1290. The van der Waals surface area contributed by atoms with Gasteiger partial charge >= 0.3 is 71.6 Å². The first-order chi connectivity index (χ1) is 21.5. The average Bonchev–Trinajstić information content (AvgIpc) is 2.93. The van der Waals surface area contributed by atoms with Crippen molar-refractivity contribution in [2.75, 3.05) is 12.3 Å². The normalized spacial score (nSPS) is 16.2. The maximum atomic E-state index is 14.3. The van der Waals surface area contributed by atoms with Gasteiger partial charge in [0.05, 0.1) is 0 Å². The molecule has 294 valence electrons. The lowest BCUT2D eigenvalue weighted by molar-refractivity contribution is -0.439. The molecule has 1 rings (SSSR count). The van der Waals surface area contributed by atoms with Gasteiger partial charge < -0.3 is 4.57 Å². The van der Waals surface area contributed by atoms with Crippen LogP contribution in [-0.4, -0.2) is 83.9 Å². The van der Waals surface area contributed by atoms with Crippen molar-refractivity contribution in [1.29, 1.82) is 0 Å². The Morgan fingerprint density at radius 2 is 0.600 bits per heavy atom.